The van der Waals surface area contributed by atoms with Gasteiger partial charge in [-0.15, -0.1) is 0 Å². The third kappa shape index (κ3) is 4.49. The molecular weight excluding hydrogens is 335 g/mol. The predicted octanol–water partition coefficient (Wildman–Crippen LogP) is 2.80. The van der Waals surface area contributed by atoms with E-state index >= 15 is 0 Å². The molecule has 2 unspecified atom stereocenters. The summed E-state index contributed by atoms with van der Waals surface area (Å²) in [6.07, 6.45) is -0.594. The van der Waals surface area contributed by atoms with Gasteiger partial charge in [0.15, 0.2) is 0 Å². The molecule has 130 valence electrons. The molecule has 5 N–H and O–H groups in total. The molecule has 2 aromatic rings. The minimum absolute atomic E-state index is 0.0956. The van der Waals surface area contributed by atoms with Crippen LogP contribution >= 0.6 is 7.82 Å². The fourth-order valence-corrected chi connectivity index (χ4v) is 2.97. The lowest BCUT2D eigenvalue weighted by molar-refractivity contribution is 0.139. The van der Waals surface area contributed by atoms with E-state index in [2.05, 4.69) is 4.52 Å². The highest BCUT2D eigenvalue weighted by molar-refractivity contribution is 7.46. The minimum Gasteiger partial charge on any atom is -0.508 e. The molecular formula is C16H19O7P. The largest absolute Gasteiger partial charge is 0.524 e. The number of aliphatic hydroxyl groups is 1. The lowest BCUT2D eigenvalue weighted by Gasteiger charge is -2.24. The van der Waals surface area contributed by atoms with Gasteiger partial charge in [0.2, 0.25) is 0 Å². The fraction of sp³-hybridized carbons (Fsp3) is 0.250. The Morgan fingerprint density at radius 1 is 1.04 bits per heavy atom. The molecule has 2 atom stereocenters. The molecule has 2 aromatic carbocycles. The number of phenols is 2. The van der Waals surface area contributed by atoms with Crippen LogP contribution < -0.4 is 4.52 Å². The third-order valence-corrected chi connectivity index (χ3v) is 4.11. The molecule has 2 rings (SSSR count). The number of phosphoric acid groups is 1. The van der Waals surface area contributed by atoms with Gasteiger partial charge in [-0.05, 0) is 36.2 Å². The van der Waals surface area contributed by atoms with E-state index in [0.29, 0.717) is 6.42 Å². The third-order valence-electron chi connectivity index (χ3n) is 3.68. The summed E-state index contributed by atoms with van der Waals surface area (Å²) in [7, 11) is -4.85. The van der Waals surface area contributed by atoms with Gasteiger partial charge in [0.1, 0.15) is 17.2 Å². The molecule has 7 nitrogen and oxygen atoms in total. The molecule has 0 saturated heterocycles. The van der Waals surface area contributed by atoms with Crippen LogP contribution in [-0.4, -0.2) is 25.1 Å². The van der Waals surface area contributed by atoms with Crippen LogP contribution in [0.2, 0.25) is 0 Å². The molecule has 0 radical (unpaired) electrons. The summed E-state index contributed by atoms with van der Waals surface area (Å²) >= 11 is 0. The molecule has 0 aromatic heterocycles. The number of phosphoric ester groups is 1. The summed E-state index contributed by atoms with van der Waals surface area (Å²) < 4.78 is 15.7. The summed E-state index contributed by atoms with van der Waals surface area (Å²) in [4.78, 5) is 18.0. The molecule has 0 amide bonds. The average molecular weight is 354 g/mol. The lowest BCUT2D eigenvalue weighted by Crippen LogP contribution is -2.11. The summed E-state index contributed by atoms with van der Waals surface area (Å²) in [5.41, 5.74) is 0.897. The molecule has 0 bridgehead atoms. The lowest BCUT2D eigenvalue weighted by atomic mass is 9.87. The molecule has 0 aliphatic rings. The Morgan fingerprint density at radius 2 is 1.62 bits per heavy atom. The predicted molar refractivity (Wildman–Crippen MR) is 86.9 cm³/mol. The topological polar surface area (TPSA) is 127 Å². The van der Waals surface area contributed by atoms with Gasteiger partial charge in [0, 0.05) is 17.5 Å². The van der Waals surface area contributed by atoms with Crippen molar-refractivity contribution in [1.82, 2.24) is 0 Å². The van der Waals surface area contributed by atoms with Crippen molar-refractivity contribution >= 4 is 7.82 Å². The van der Waals surface area contributed by atoms with Crippen molar-refractivity contribution < 1.29 is 34.2 Å². The maximum Gasteiger partial charge on any atom is 0.524 e. The van der Waals surface area contributed by atoms with Gasteiger partial charge in [-0.25, -0.2) is 4.57 Å². The standard InChI is InChI=1S/C16H19O7P/c1-2-13(10-3-5-11(17)6-4-10)16(19)14-8-7-12(18)9-15(14)23-24(20,21)22/h3-9,13,16-19H,2H2,1H3,(H2,20,21,22). The van der Waals surface area contributed by atoms with Crippen molar-refractivity contribution in [3.63, 3.8) is 0 Å². The Kier molecular flexibility index (Phi) is 5.51. The van der Waals surface area contributed by atoms with Crippen molar-refractivity contribution in [3.05, 3.63) is 53.6 Å². The van der Waals surface area contributed by atoms with Crippen molar-refractivity contribution in [2.24, 2.45) is 0 Å². The van der Waals surface area contributed by atoms with Crippen LogP contribution in [0.1, 0.15) is 36.5 Å². The normalized spacial score (nSPS) is 14.2. The summed E-state index contributed by atoms with van der Waals surface area (Å²) in [6, 6.07) is 10.0. The number of hydrogen-bond donors (Lipinski definition) is 5. The second kappa shape index (κ2) is 7.23. The Morgan fingerprint density at radius 3 is 2.17 bits per heavy atom. The van der Waals surface area contributed by atoms with E-state index in [1.807, 2.05) is 6.92 Å². The first-order valence-corrected chi connectivity index (χ1v) is 8.79. The molecule has 8 heteroatoms. The first-order chi connectivity index (χ1) is 11.2. The molecule has 0 aliphatic heterocycles. The molecule has 0 spiro atoms. The van der Waals surface area contributed by atoms with E-state index in [1.165, 1.54) is 24.3 Å². The van der Waals surface area contributed by atoms with Crippen molar-refractivity contribution in [2.45, 2.75) is 25.4 Å². The zero-order valence-corrected chi connectivity index (χ0v) is 13.8. The van der Waals surface area contributed by atoms with Crippen LogP contribution in [0.3, 0.4) is 0 Å². The summed E-state index contributed by atoms with van der Waals surface area (Å²) in [5.74, 6) is -0.826. The number of rotatable bonds is 6. The molecule has 0 fully saturated rings. The Labute approximate surface area is 139 Å². The SMILES string of the molecule is CCC(c1ccc(O)cc1)C(O)c1ccc(O)cc1OP(=O)(O)O. The Balaban J connectivity index is 2.41. The zero-order chi connectivity index (χ0) is 17.9. The van der Waals surface area contributed by atoms with Gasteiger partial charge < -0.3 is 19.8 Å². The fourth-order valence-electron chi connectivity index (χ4n) is 2.55. The first-order valence-electron chi connectivity index (χ1n) is 7.26. The van der Waals surface area contributed by atoms with Crippen LogP contribution in [-0.2, 0) is 4.57 Å². The number of aromatic hydroxyl groups is 2. The van der Waals surface area contributed by atoms with Gasteiger partial charge in [-0.2, -0.15) is 0 Å². The summed E-state index contributed by atoms with van der Waals surface area (Å²) in [5, 5.41) is 29.6. The van der Waals surface area contributed by atoms with E-state index in [4.69, 9.17) is 9.79 Å². The quantitative estimate of drug-likeness (QED) is 0.505. The average Bonchev–Trinajstić information content (AvgIpc) is 2.48. The molecule has 0 aliphatic carbocycles. The van der Waals surface area contributed by atoms with Crippen molar-refractivity contribution in [2.75, 3.05) is 0 Å². The van der Waals surface area contributed by atoms with Gasteiger partial charge in [0.05, 0.1) is 6.10 Å². The van der Waals surface area contributed by atoms with Crippen LogP contribution in [0.25, 0.3) is 0 Å². The van der Waals surface area contributed by atoms with E-state index < -0.39 is 19.8 Å². The van der Waals surface area contributed by atoms with E-state index in [0.717, 1.165) is 11.6 Å². The highest BCUT2D eigenvalue weighted by Gasteiger charge is 2.27. The molecule has 0 heterocycles. The van der Waals surface area contributed by atoms with Crippen LogP contribution in [0.4, 0.5) is 0 Å². The van der Waals surface area contributed by atoms with Gasteiger partial charge >= 0.3 is 7.82 Å². The van der Waals surface area contributed by atoms with Crippen LogP contribution in [0, 0.1) is 0 Å². The smallest absolute Gasteiger partial charge is 0.508 e. The summed E-state index contributed by atoms with van der Waals surface area (Å²) in [6.45, 7) is 1.85. The number of phenolic OH excluding ortho intramolecular Hbond substituents is 2. The van der Waals surface area contributed by atoms with Crippen LogP contribution in [0.15, 0.2) is 42.5 Å². The number of aliphatic hydroxyl groups excluding tert-OH is 1. The van der Waals surface area contributed by atoms with E-state index in [9.17, 15) is 19.9 Å². The monoisotopic (exact) mass is 354 g/mol. The molecule has 0 saturated carbocycles. The van der Waals surface area contributed by atoms with Gasteiger partial charge in [0.25, 0.3) is 0 Å². The highest BCUT2D eigenvalue weighted by atomic mass is 31.2. The zero-order valence-electron chi connectivity index (χ0n) is 12.9. The van der Waals surface area contributed by atoms with Gasteiger partial charge in [-0.3, -0.25) is 9.79 Å². The minimum atomic E-state index is -4.85. The van der Waals surface area contributed by atoms with Crippen LogP contribution in [0.5, 0.6) is 17.2 Å². The second-order valence-corrected chi connectivity index (χ2v) is 6.52. The molecule has 24 heavy (non-hydrogen) atoms. The second-order valence-electron chi connectivity index (χ2n) is 5.36. The van der Waals surface area contributed by atoms with Crippen molar-refractivity contribution in [3.8, 4) is 17.2 Å². The Bertz CT molecular complexity index is 739. The maximum absolute atomic E-state index is 11.1. The van der Waals surface area contributed by atoms with E-state index in [-0.39, 0.29) is 22.8 Å². The number of hydrogen-bond acceptors (Lipinski definition) is 5. The van der Waals surface area contributed by atoms with Gasteiger partial charge in [-0.1, -0.05) is 19.1 Å². The first kappa shape index (κ1) is 18.3. The number of benzene rings is 2. The maximum atomic E-state index is 11.1. The van der Waals surface area contributed by atoms with E-state index in [1.54, 1.807) is 12.1 Å². The highest BCUT2D eigenvalue weighted by Crippen LogP contribution is 2.45. The van der Waals surface area contributed by atoms with Crippen molar-refractivity contribution in [1.29, 1.82) is 0 Å². The Hall–Kier alpha value is -2.05.